The maximum Gasteiger partial charge on any atom is 0.573 e. The van der Waals surface area contributed by atoms with E-state index in [2.05, 4.69) is 20.0 Å². The molecule has 1 aliphatic heterocycles. The van der Waals surface area contributed by atoms with Gasteiger partial charge in [-0.3, -0.25) is 4.79 Å². The van der Waals surface area contributed by atoms with Crippen molar-refractivity contribution in [1.29, 1.82) is 0 Å². The lowest BCUT2D eigenvalue weighted by Crippen LogP contribution is -2.32. The lowest BCUT2D eigenvalue weighted by atomic mass is 10.1. The second-order valence-corrected chi connectivity index (χ2v) is 7.01. The number of rotatable bonds is 8. The van der Waals surface area contributed by atoms with Crippen LogP contribution in [0, 0.1) is 5.82 Å². The first kappa shape index (κ1) is 23.5. The molecule has 1 amide bonds. The number of amides is 1. The highest BCUT2D eigenvalue weighted by Crippen LogP contribution is 2.28. The van der Waals surface area contributed by atoms with E-state index in [4.69, 9.17) is 9.47 Å². The van der Waals surface area contributed by atoms with E-state index in [1.165, 1.54) is 26.4 Å². The summed E-state index contributed by atoms with van der Waals surface area (Å²) in [7, 11) is 2.79. The SMILES string of the molecule is COC[C@@H](NC(=O)c1cc(OC)nc(N2CCCC2)n1)c1ccc(OC(F)(F)F)c(F)c1. The van der Waals surface area contributed by atoms with Gasteiger partial charge < -0.3 is 24.4 Å². The van der Waals surface area contributed by atoms with Crippen molar-refractivity contribution in [2.45, 2.75) is 25.2 Å². The maximum absolute atomic E-state index is 14.1. The van der Waals surface area contributed by atoms with Crippen LogP contribution in [0.5, 0.6) is 11.6 Å². The highest BCUT2D eigenvalue weighted by Gasteiger charge is 2.32. The van der Waals surface area contributed by atoms with Gasteiger partial charge in [0.1, 0.15) is 5.69 Å². The van der Waals surface area contributed by atoms with Crippen molar-refractivity contribution < 1.29 is 36.6 Å². The van der Waals surface area contributed by atoms with Crippen molar-refractivity contribution in [1.82, 2.24) is 15.3 Å². The molecule has 0 unspecified atom stereocenters. The van der Waals surface area contributed by atoms with Gasteiger partial charge in [0, 0.05) is 26.3 Å². The normalized spacial score (nSPS) is 14.9. The number of hydrogen-bond donors (Lipinski definition) is 1. The van der Waals surface area contributed by atoms with Gasteiger partial charge in [-0.05, 0) is 30.5 Å². The fourth-order valence-corrected chi connectivity index (χ4v) is 3.25. The molecule has 1 atom stereocenters. The Bertz CT molecular complexity index is 952. The number of anilines is 1. The number of halogens is 4. The van der Waals surface area contributed by atoms with E-state index in [9.17, 15) is 22.4 Å². The zero-order chi connectivity index (χ0) is 23.3. The summed E-state index contributed by atoms with van der Waals surface area (Å²) in [6.07, 6.45) is -3.06. The Hall–Kier alpha value is -3.15. The number of carbonyl (C=O) groups is 1. The molecule has 1 N–H and O–H groups in total. The molecule has 1 aromatic heterocycles. The summed E-state index contributed by atoms with van der Waals surface area (Å²) in [5.74, 6) is -2.25. The molecule has 0 spiro atoms. The predicted molar refractivity (Wildman–Crippen MR) is 105 cm³/mol. The molecule has 2 heterocycles. The van der Waals surface area contributed by atoms with Crippen molar-refractivity contribution in [3.63, 3.8) is 0 Å². The van der Waals surface area contributed by atoms with Crippen LogP contribution in [0.15, 0.2) is 24.3 Å². The summed E-state index contributed by atoms with van der Waals surface area (Å²) in [5.41, 5.74) is 0.213. The minimum atomic E-state index is -5.03. The molecule has 1 aromatic carbocycles. The van der Waals surface area contributed by atoms with Crippen molar-refractivity contribution >= 4 is 11.9 Å². The third kappa shape index (κ3) is 5.96. The molecule has 8 nitrogen and oxygen atoms in total. The molecular weight excluding hydrogens is 436 g/mol. The van der Waals surface area contributed by atoms with Crippen LogP contribution in [-0.4, -0.2) is 56.2 Å². The topological polar surface area (TPSA) is 85.8 Å². The highest BCUT2D eigenvalue weighted by atomic mass is 19.4. The molecule has 12 heteroatoms. The van der Waals surface area contributed by atoms with E-state index >= 15 is 0 Å². The van der Waals surface area contributed by atoms with E-state index in [0.717, 1.165) is 38.1 Å². The Labute approximate surface area is 181 Å². The lowest BCUT2D eigenvalue weighted by Gasteiger charge is -2.20. The van der Waals surface area contributed by atoms with Crippen molar-refractivity contribution in [2.24, 2.45) is 0 Å². The van der Waals surface area contributed by atoms with Gasteiger partial charge in [-0.2, -0.15) is 4.98 Å². The van der Waals surface area contributed by atoms with E-state index in [1.807, 2.05) is 4.90 Å². The van der Waals surface area contributed by atoms with Gasteiger partial charge in [0.15, 0.2) is 11.6 Å². The van der Waals surface area contributed by atoms with Crippen LogP contribution in [0.4, 0.5) is 23.5 Å². The third-order valence-electron chi connectivity index (χ3n) is 4.74. The molecular formula is C20H22F4N4O4. The fourth-order valence-electron chi connectivity index (χ4n) is 3.25. The second-order valence-electron chi connectivity index (χ2n) is 7.01. The maximum atomic E-state index is 14.1. The Balaban J connectivity index is 1.82. The Kier molecular flexibility index (Phi) is 7.33. The number of carbonyl (C=O) groups excluding carboxylic acids is 1. The number of benzene rings is 1. The molecule has 1 aliphatic rings. The van der Waals surface area contributed by atoms with Crippen LogP contribution in [-0.2, 0) is 4.74 Å². The van der Waals surface area contributed by atoms with Gasteiger partial charge in [0.25, 0.3) is 5.91 Å². The number of ether oxygens (including phenoxy) is 3. The Morgan fingerprint density at radius 2 is 1.91 bits per heavy atom. The molecule has 3 rings (SSSR count). The zero-order valence-corrected chi connectivity index (χ0v) is 17.4. The minimum Gasteiger partial charge on any atom is -0.481 e. The first-order valence-corrected chi connectivity index (χ1v) is 9.73. The summed E-state index contributed by atoms with van der Waals surface area (Å²) in [6.45, 7) is 1.45. The van der Waals surface area contributed by atoms with Gasteiger partial charge in [-0.25, -0.2) is 9.37 Å². The first-order chi connectivity index (χ1) is 15.2. The zero-order valence-electron chi connectivity index (χ0n) is 17.4. The van der Waals surface area contributed by atoms with E-state index < -0.39 is 29.9 Å². The van der Waals surface area contributed by atoms with Gasteiger partial charge in [-0.15, -0.1) is 13.2 Å². The fraction of sp³-hybridized carbons (Fsp3) is 0.450. The van der Waals surface area contributed by atoms with Crippen LogP contribution in [0.1, 0.15) is 34.9 Å². The van der Waals surface area contributed by atoms with Crippen molar-refractivity contribution in [2.75, 3.05) is 38.8 Å². The van der Waals surface area contributed by atoms with Gasteiger partial charge in [-0.1, -0.05) is 6.07 Å². The van der Waals surface area contributed by atoms with Gasteiger partial charge in [0.2, 0.25) is 11.8 Å². The average molecular weight is 458 g/mol. The number of nitrogens with zero attached hydrogens (tertiary/aromatic N) is 3. The second kappa shape index (κ2) is 9.98. The quantitative estimate of drug-likeness (QED) is 0.608. The lowest BCUT2D eigenvalue weighted by molar-refractivity contribution is -0.275. The number of alkyl halides is 3. The number of hydrogen-bond acceptors (Lipinski definition) is 7. The monoisotopic (exact) mass is 458 g/mol. The van der Waals surface area contributed by atoms with Gasteiger partial charge in [0.05, 0.1) is 19.8 Å². The summed E-state index contributed by atoms with van der Waals surface area (Å²) >= 11 is 0. The third-order valence-corrected chi connectivity index (χ3v) is 4.74. The van der Waals surface area contributed by atoms with Gasteiger partial charge >= 0.3 is 6.36 Å². The Morgan fingerprint density at radius 3 is 2.50 bits per heavy atom. The molecule has 2 aromatic rings. The highest BCUT2D eigenvalue weighted by molar-refractivity contribution is 5.93. The molecule has 32 heavy (non-hydrogen) atoms. The van der Waals surface area contributed by atoms with Crippen molar-refractivity contribution in [3.05, 3.63) is 41.3 Å². The summed E-state index contributed by atoms with van der Waals surface area (Å²) in [5, 5.41) is 2.66. The summed E-state index contributed by atoms with van der Waals surface area (Å²) in [6, 6.07) is 3.40. The first-order valence-electron chi connectivity index (χ1n) is 9.73. The molecule has 1 saturated heterocycles. The molecule has 0 saturated carbocycles. The average Bonchev–Trinajstić information content (AvgIpc) is 3.28. The molecule has 174 valence electrons. The minimum absolute atomic E-state index is 0.0253. The van der Waals surface area contributed by atoms with Crippen LogP contribution in [0.3, 0.4) is 0 Å². The molecule has 0 aliphatic carbocycles. The van der Waals surface area contributed by atoms with Crippen LogP contribution >= 0.6 is 0 Å². The summed E-state index contributed by atoms with van der Waals surface area (Å²) in [4.78, 5) is 23.4. The number of nitrogens with one attached hydrogen (secondary N) is 1. The standard InChI is InChI=1S/C20H22F4N4O4/c1-30-11-15(12-5-6-16(13(21)9-12)32-20(22,23)24)25-18(29)14-10-17(31-2)27-19(26-14)28-7-3-4-8-28/h5-6,9-10,15H,3-4,7-8,11H2,1-2H3,(H,25,29)/t15-/m1/s1. The van der Waals surface area contributed by atoms with Crippen LogP contribution < -0.4 is 19.7 Å². The largest absolute Gasteiger partial charge is 0.573 e. The van der Waals surface area contributed by atoms with E-state index in [-0.39, 0.29) is 23.7 Å². The molecule has 1 fully saturated rings. The van der Waals surface area contributed by atoms with E-state index in [1.54, 1.807) is 0 Å². The molecule has 0 radical (unpaired) electrons. The summed E-state index contributed by atoms with van der Waals surface area (Å²) < 4.78 is 65.2. The van der Waals surface area contributed by atoms with Crippen molar-refractivity contribution in [3.8, 4) is 11.6 Å². The van der Waals surface area contributed by atoms with Crippen LogP contribution in [0.2, 0.25) is 0 Å². The molecule has 0 bridgehead atoms. The van der Waals surface area contributed by atoms with E-state index in [0.29, 0.717) is 5.95 Å². The van der Waals surface area contributed by atoms with Crippen LogP contribution in [0.25, 0.3) is 0 Å². The number of aromatic nitrogens is 2. The smallest absolute Gasteiger partial charge is 0.481 e. The Morgan fingerprint density at radius 1 is 1.19 bits per heavy atom. The number of methoxy groups -OCH3 is 2. The predicted octanol–water partition coefficient (Wildman–Crippen LogP) is 3.24.